The van der Waals surface area contributed by atoms with Crippen molar-refractivity contribution in [3.63, 3.8) is 0 Å². The highest BCUT2D eigenvalue weighted by Crippen LogP contribution is 2.05. The van der Waals surface area contributed by atoms with Gasteiger partial charge in [0, 0.05) is 6.54 Å². The van der Waals surface area contributed by atoms with Crippen LogP contribution < -0.4 is 0 Å². The van der Waals surface area contributed by atoms with Crippen LogP contribution in [0.25, 0.3) is 0 Å². The van der Waals surface area contributed by atoms with E-state index >= 15 is 0 Å². The van der Waals surface area contributed by atoms with Crippen molar-refractivity contribution < 1.29 is 13.5 Å². The van der Waals surface area contributed by atoms with Crippen molar-refractivity contribution in [3.05, 3.63) is 0 Å². The van der Waals surface area contributed by atoms with Gasteiger partial charge in [0.05, 0.1) is 6.10 Å². The van der Waals surface area contributed by atoms with E-state index in [1.807, 2.05) is 25.9 Å². The van der Waals surface area contributed by atoms with Crippen molar-refractivity contribution in [3.8, 4) is 0 Å². The molecular weight excluding hydrogens is 152 g/mol. The van der Waals surface area contributed by atoms with Gasteiger partial charge in [0.15, 0.2) is 0 Å². The topological polar surface area (TPSA) is 12.5 Å². The molecule has 68 valence electrons. The van der Waals surface area contributed by atoms with Crippen molar-refractivity contribution in [2.24, 2.45) is 0 Å². The molecule has 0 aromatic heterocycles. The standard InChI is InChI=1S/C7H15F2NO/c1-4-6(5-10(2)3)11-7(8)9/h6-7H,4-5H2,1-3H3. The third-order valence-corrected chi connectivity index (χ3v) is 1.32. The minimum atomic E-state index is -2.65. The van der Waals surface area contributed by atoms with Crippen LogP contribution in [-0.2, 0) is 4.74 Å². The van der Waals surface area contributed by atoms with Gasteiger partial charge in [-0.3, -0.25) is 0 Å². The SMILES string of the molecule is CCC(CN(C)C)OC(F)F. The molecule has 4 heteroatoms. The van der Waals surface area contributed by atoms with Crippen LogP contribution in [0.5, 0.6) is 0 Å². The van der Waals surface area contributed by atoms with Crippen LogP contribution in [0.3, 0.4) is 0 Å². The monoisotopic (exact) mass is 167 g/mol. The largest absolute Gasteiger partial charge is 0.345 e. The summed E-state index contributed by atoms with van der Waals surface area (Å²) in [6.07, 6.45) is 0.257. The first-order valence-corrected chi connectivity index (χ1v) is 3.64. The fourth-order valence-corrected chi connectivity index (χ4v) is 0.821. The number of halogens is 2. The highest BCUT2D eigenvalue weighted by atomic mass is 19.3. The zero-order valence-corrected chi connectivity index (χ0v) is 7.18. The number of hydrogen-bond acceptors (Lipinski definition) is 2. The van der Waals surface area contributed by atoms with E-state index in [1.165, 1.54) is 0 Å². The van der Waals surface area contributed by atoms with Gasteiger partial charge >= 0.3 is 6.61 Å². The molecule has 0 aliphatic carbocycles. The quantitative estimate of drug-likeness (QED) is 0.616. The molecule has 0 bridgehead atoms. The molecule has 0 fully saturated rings. The second kappa shape index (κ2) is 5.43. The lowest BCUT2D eigenvalue weighted by molar-refractivity contribution is -0.166. The Morgan fingerprint density at radius 3 is 2.18 bits per heavy atom. The highest BCUT2D eigenvalue weighted by Gasteiger charge is 2.13. The van der Waals surface area contributed by atoms with Gasteiger partial charge in [-0.2, -0.15) is 8.78 Å². The van der Waals surface area contributed by atoms with Gasteiger partial charge < -0.3 is 9.64 Å². The zero-order valence-electron chi connectivity index (χ0n) is 7.18. The Labute approximate surface area is 66.1 Å². The van der Waals surface area contributed by atoms with Crippen LogP contribution in [0.1, 0.15) is 13.3 Å². The molecule has 0 rings (SSSR count). The summed E-state index contributed by atoms with van der Waals surface area (Å²) >= 11 is 0. The molecule has 0 radical (unpaired) electrons. The van der Waals surface area contributed by atoms with Crippen LogP contribution in [0.15, 0.2) is 0 Å². The second-order valence-electron chi connectivity index (χ2n) is 2.69. The van der Waals surface area contributed by atoms with Crippen molar-refractivity contribution in [2.75, 3.05) is 20.6 Å². The van der Waals surface area contributed by atoms with Crippen molar-refractivity contribution in [1.82, 2.24) is 4.90 Å². The van der Waals surface area contributed by atoms with Crippen LogP contribution in [0.2, 0.25) is 0 Å². The first-order valence-electron chi connectivity index (χ1n) is 3.64. The van der Waals surface area contributed by atoms with Gasteiger partial charge in [-0.1, -0.05) is 6.92 Å². The minimum absolute atomic E-state index is 0.356. The molecule has 0 amide bonds. The molecule has 0 aliphatic heterocycles. The Bertz CT molecular complexity index is 88.4. The predicted molar refractivity (Wildman–Crippen MR) is 39.7 cm³/mol. The van der Waals surface area contributed by atoms with E-state index in [2.05, 4.69) is 4.74 Å². The number of likely N-dealkylation sites (N-methyl/N-ethyl adjacent to an activating group) is 1. The molecule has 0 N–H and O–H groups in total. The van der Waals surface area contributed by atoms with E-state index in [1.54, 1.807) is 0 Å². The number of ether oxygens (including phenoxy) is 1. The molecule has 0 aromatic carbocycles. The summed E-state index contributed by atoms with van der Waals surface area (Å²) in [7, 11) is 3.66. The van der Waals surface area contributed by atoms with Gasteiger partial charge in [0.1, 0.15) is 0 Å². The lowest BCUT2D eigenvalue weighted by Gasteiger charge is -2.19. The molecule has 1 unspecified atom stereocenters. The summed E-state index contributed by atoms with van der Waals surface area (Å²) in [5.74, 6) is 0. The van der Waals surface area contributed by atoms with Crippen molar-refractivity contribution in [2.45, 2.75) is 26.1 Å². The molecule has 0 aromatic rings. The molecule has 0 heterocycles. The molecule has 2 nitrogen and oxygen atoms in total. The smallest absolute Gasteiger partial charge is 0.318 e. The summed E-state index contributed by atoms with van der Waals surface area (Å²) in [4.78, 5) is 1.83. The maximum atomic E-state index is 11.7. The Morgan fingerprint density at radius 1 is 1.36 bits per heavy atom. The van der Waals surface area contributed by atoms with Gasteiger partial charge in [0.25, 0.3) is 0 Å². The number of rotatable bonds is 5. The van der Waals surface area contributed by atoms with Gasteiger partial charge in [-0.15, -0.1) is 0 Å². The molecule has 11 heavy (non-hydrogen) atoms. The Morgan fingerprint density at radius 2 is 1.91 bits per heavy atom. The van der Waals surface area contributed by atoms with E-state index in [0.717, 1.165) is 0 Å². The minimum Gasteiger partial charge on any atom is -0.318 e. The lowest BCUT2D eigenvalue weighted by Crippen LogP contribution is -2.29. The van der Waals surface area contributed by atoms with E-state index in [0.29, 0.717) is 13.0 Å². The van der Waals surface area contributed by atoms with Gasteiger partial charge in [-0.05, 0) is 20.5 Å². The Balaban J connectivity index is 3.58. The van der Waals surface area contributed by atoms with E-state index in [-0.39, 0.29) is 6.10 Å². The molecule has 0 spiro atoms. The fourth-order valence-electron chi connectivity index (χ4n) is 0.821. The van der Waals surface area contributed by atoms with E-state index in [4.69, 9.17) is 0 Å². The molecule has 1 atom stereocenters. The molecular formula is C7H15F2NO. The number of alkyl halides is 2. The number of hydrogen-bond donors (Lipinski definition) is 0. The van der Waals surface area contributed by atoms with Crippen molar-refractivity contribution in [1.29, 1.82) is 0 Å². The van der Waals surface area contributed by atoms with Crippen LogP contribution in [-0.4, -0.2) is 38.3 Å². The molecule has 0 aliphatic rings. The van der Waals surface area contributed by atoms with Crippen LogP contribution >= 0.6 is 0 Å². The maximum Gasteiger partial charge on any atom is 0.345 e. The summed E-state index contributed by atoms with van der Waals surface area (Å²) in [5, 5.41) is 0. The van der Waals surface area contributed by atoms with Gasteiger partial charge in [0.2, 0.25) is 0 Å². The first kappa shape index (κ1) is 10.8. The first-order chi connectivity index (χ1) is 5.06. The van der Waals surface area contributed by atoms with Crippen LogP contribution in [0, 0.1) is 0 Å². The second-order valence-corrected chi connectivity index (χ2v) is 2.69. The maximum absolute atomic E-state index is 11.7. The highest BCUT2D eigenvalue weighted by molar-refractivity contribution is 4.57. The molecule has 0 saturated carbocycles. The third-order valence-electron chi connectivity index (χ3n) is 1.32. The van der Waals surface area contributed by atoms with Gasteiger partial charge in [-0.25, -0.2) is 0 Å². The lowest BCUT2D eigenvalue weighted by atomic mass is 10.3. The average molecular weight is 167 g/mol. The average Bonchev–Trinajstić information content (AvgIpc) is 1.84. The zero-order chi connectivity index (χ0) is 8.85. The third kappa shape index (κ3) is 6.19. The summed E-state index contributed by atoms with van der Waals surface area (Å²) < 4.78 is 27.7. The predicted octanol–water partition coefficient (Wildman–Crippen LogP) is 1.57. The van der Waals surface area contributed by atoms with Crippen LogP contribution in [0.4, 0.5) is 8.78 Å². The van der Waals surface area contributed by atoms with E-state index < -0.39 is 6.61 Å². The Kier molecular flexibility index (Phi) is 5.32. The summed E-state index contributed by atoms with van der Waals surface area (Å²) in [6, 6.07) is 0. The fraction of sp³-hybridized carbons (Fsp3) is 1.00. The summed E-state index contributed by atoms with van der Waals surface area (Å²) in [6.45, 7) is -0.280. The Hall–Kier alpha value is -0.220. The van der Waals surface area contributed by atoms with E-state index in [9.17, 15) is 8.78 Å². The normalized spacial score (nSPS) is 14.5. The number of nitrogens with zero attached hydrogens (tertiary/aromatic N) is 1. The van der Waals surface area contributed by atoms with Crippen molar-refractivity contribution >= 4 is 0 Å². The molecule has 0 saturated heterocycles. The summed E-state index contributed by atoms with van der Waals surface area (Å²) in [5.41, 5.74) is 0.